The number of hydrogen-bond donors (Lipinski definition) is 2. The monoisotopic (exact) mass is 315 g/mol. The topological polar surface area (TPSA) is 99.5 Å². The zero-order valence-electron chi connectivity index (χ0n) is 13.2. The number of benzene rings is 1. The van der Waals surface area contributed by atoms with Gasteiger partial charge in [0, 0.05) is 25.1 Å². The maximum absolute atomic E-state index is 6.12. The van der Waals surface area contributed by atoms with E-state index in [2.05, 4.69) is 9.97 Å². The SMILES string of the molecule is COc1ccc(Cc2c(N)nc(N3CCOCC3)nc2N)cc1. The van der Waals surface area contributed by atoms with Crippen LogP contribution in [0.25, 0.3) is 0 Å². The van der Waals surface area contributed by atoms with Crippen molar-refractivity contribution in [3.63, 3.8) is 0 Å². The van der Waals surface area contributed by atoms with Crippen LogP contribution < -0.4 is 21.1 Å². The van der Waals surface area contributed by atoms with Gasteiger partial charge in [-0.3, -0.25) is 0 Å². The van der Waals surface area contributed by atoms with Crippen molar-refractivity contribution < 1.29 is 9.47 Å². The molecule has 2 aromatic rings. The molecule has 0 bridgehead atoms. The predicted octanol–water partition coefficient (Wildman–Crippen LogP) is 1.08. The quantitative estimate of drug-likeness (QED) is 0.870. The second-order valence-electron chi connectivity index (χ2n) is 5.40. The average Bonchev–Trinajstić information content (AvgIpc) is 2.59. The van der Waals surface area contributed by atoms with Gasteiger partial charge >= 0.3 is 0 Å². The fourth-order valence-corrected chi connectivity index (χ4v) is 2.54. The highest BCUT2D eigenvalue weighted by molar-refractivity contribution is 5.58. The lowest BCUT2D eigenvalue weighted by Crippen LogP contribution is -2.37. The van der Waals surface area contributed by atoms with Gasteiger partial charge in [-0.1, -0.05) is 12.1 Å². The minimum absolute atomic E-state index is 0.426. The number of hydrogen-bond acceptors (Lipinski definition) is 7. The molecule has 2 heterocycles. The Morgan fingerprint density at radius 1 is 1.09 bits per heavy atom. The molecule has 122 valence electrons. The fraction of sp³-hybridized carbons (Fsp3) is 0.375. The van der Waals surface area contributed by atoms with Gasteiger partial charge in [0.1, 0.15) is 17.4 Å². The third kappa shape index (κ3) is 3.45. The van der Waals surface area contributed by atoms with Crippen molar-refractivity contribution in [1.82, 2.24) is 9.97 Å². The number of aromatic nitrogens is 2. The van der Waals surface area contributed by atoms with Crippen molar-refractivity contribution in [2.75, 3.05) is 49.8 Å². The van der Waals surface area contributed by atoms with E-state index in [4.69, 9.17) is 20.9 Å². The first-order valence-corrected chi connectivity index (χ1v) is 7.55. The van der Waals surface area contributed by atoms with E-state index in [-0.39, 0.29) is 0 Å². The van der Waals surface area contributed by atoms with Crippen molar-refractivity contribution in [2.45, 2.75) is 6.42 Å². The first-order chi connectivity index (χ1) is 11.2. The van der Waals surface area contributed by atoms with Gasteiger partial charge < -0.3 is 25.8 Å². The number of methoxy groups -OCH3 is 1. The summed E-state index contributed by atoms with van der Waals surface area (Å²) in [5, 5.41) is 0. The normalized spacial score (nSPS) is 14.7. The molecule has 1 saturated heterocycles. The molecule has 4 N–H and O–H groups in total. The number of ether oxygens (including phenoxy) is 2. The molecule has 0 amide bonds. The van der Waals surface area contributed by atoms with E-state index in [1.54, 1.807) is 7.11 Å². The second kappa shape index (κ2) is 6.70. The van der Waals surface area contributed by atoms with E-state index < -0.39 is 0 Å². The van der Waals surface area contributed by atoms with Crippen molar-refractivity contribution in [1.29, 1.82) is 0 Å². The fourth-order valence-electron chi connectivity index (χ4n) is 2.54. The summed E-state index contributed by atoms with van der Waals surface area (Å²) in [5.41, 5.74) is 14.1. The zero-order valence-corrected chi connectivity index (χ0v) is 13.2. The molecular weight excluding hydrogens is 294 g/mol. The molecule has 1 aliphatic rings. The largest absolute Gasteiger partial charge is 0.497 e. The maximum Gasteiger partial charge on any atom is 0.229 e. The van der Waals surface area contributed by atoms with Crippen LogP contribution >= 0.6 is 0 Å². The van der Waals surface area contributed by atoms with Gasteiger partial charge in [-0.15, -0.1) is 0 Å². The van der Waals surface area contributed by atoms with Crippen LogP contribution in [0.1, 0.15) is 11.1 Å². The average molecular weight is 315 g/mol. The number of morpholine rings is 1. The Labute approximate surface area is 135 Å². The number of nitrogens with two attached hydrogens (primary N) is 2. The lowest BCUT2D eigenvalue weighted by atomic mass is 10.1. The van der Waals surface area contributed by atoms with Crippen molar-refractivity contribution in [3.05, 3.63) is 35.4 Å². The molecule has 1 fully saturated rings. The number of rotatable bonds is 4. The summed E-state index contributed by atoms with van der Waals surface area (Å²) in [4.78, 5) is 10.9. The third-order valence-corrected chi connectivity index (χ3v) is 3.89. The third-order valence-electron chi connectivity index (χ3n) is 3.89. The van der Waals surface area contributed by atoms with Gasteiger partial charge in [0.15, 0.2) is 0 Å². The van der Waals surface area contributed by atoms with Gasteiger partial charge in [-0.05, 0) is 17.7 Å². The maximum atomic E-state index is 6.12. The number of anilines is 3. The summed E-state index contributed by atoms with van der Waals surface area (Å²) in [7, 11) is 1.64. The van der Waals surface area contributed by atoms with Crippen LogP contribution in [0.15, 0.2) is 24.3 Å². The van der Waals surface area contributed by atoms with Crippen molar-refractivity contribution in [2.24, 2.45) is 0 Å². The van der Waals surface area contributed by atoms with E-state index >= 15 is 0 Å². The Balaban J connectivity index is 1.81. The molecule has 0 radical (unpaired) electrons. The lowest BCUT2D eigenvalue weighted by molar-refractivity contribution is 0.122. The highest BCUT2D eigenvalue weighted by Crippen LogP contribution is 2.24. The highest BCUT2D eigenvalue weighted by atomic mass is 16.5. The van der Waals surface area contributed by atoms with Crippen LogP contribution in [0, 0.1) is 0 Å². The molecule has 1 aliphatic heterocycles. The van der Waals surface area contributed by atoms with Crippen LogP contribution in [0.3, 0.4) is 0 Å². The van der Waals surface area contributed by atoms with E-state index in [0.717, 1.165) is 30.0 Å². The van der Waals surface area contributed by atoms with Crippen LogP contribution in [0.2, 0.25) is 0 Å². The van der Waals surface area contributed by atoms with Crippen molar-refractivity contribution >= 4 is 17.6 Å². The predicted molar refractivity (Wildman–Crippen MR) is 89.7 cm³/mol. The smallest absolute Gasteiger partial charge is 0.229 e. The summed E-state index contributed by atoms with van der Waals surface area (Å²) in [5.74, 6) is 2.24. The van der Waals surface area contributed by atoms with E-state index in [0.29, 0.717) is 37.2 Å². The Kier molecular flexibility index (Phi) is 4.47. The minimum atomic E-state index is 0.426. The molecule has 23 heavy (non-hydrogen) atoms. The Morgan fingerprint density at radius 2 is 1.70 bits per heavy atom. The van der Waals surface area contributed by atoms with Crippen LogP contribution in [0.5, 0.6) is 5.75 Å². The standard InChI is InChI=1S/C16H21N5O2/c1-22-12-4-2-11(3-5-12)10-13-14(17)19-16(20-15(13)18)21-6-8-23-9-7-21/h2-5H,6-10H2,1H3,(H4,17,18,19,20). The van der Waals surface area contributed by atoms with Crippen molar-refractivity contribution in [3.8, 4) is 5.75 Å². The highest BCUT2D eigenvalue weighted by Gasteiger charge is 2.17. The summed E-state index contributed by atoms with van der Waals surface area (Å²) in [6.07, 6.45) is 0.588. The Bertz CT molecular complexity index is 646. The van der Waals surface area contributed by atoms with Gasteiger partial charge in [0.2, 0.25) is 5.95 Å². The molecule has 7 heteroatoms. The van der Waals surface area contributed by atoms with E-state index in [9.17, 15) is 0 Å². The molecule has 0 aliphatic carbocycles. The summed E-state index contributed by atoms with van der Waals surface area (Å²) in [6, 6.07) is 7.77. The number of nitrogen functional groups attached to an aromatic ring is 2. The number of nitrogens with zero attached hydrogens (tertiary/aromatic N) is 3. The molecule has 1 aromatic heterocycles. The molecule has 0 spiro atoms. The first kappa shape index (κ1) is 15.4. The lowest BCUT2D eigenvalue weighted by Gasteiger charge is -2.27. The molecule has 7 nitrogen and oxygen atoms in total. The molecule has 3 rings (SSSR count). The Morgan fingerprint density at radius 3 is 2.26 bits per heavy atom. The van der Waals surface area contributed by atoms with Gasteiger partial charge in [0.05, 0.1) is 20.3 Å². The van der Waals surface area contributed by atoms with Crippen LogP contribution in [0.4, 0.5) is 17.6 Å². The molecular formula is C16H21N5O2. The van der Waals surface area contributed by atoms with E-state index in [1.165, 1.54) is 0 Å². The molecule has 0 unspecified atom stereocenters. The van der Waals surface area contributed by atoms with Gasteiger partial charge in [-0.25, -0.2) is 0 Å². The molecule has 1 aromatic carbocycles. The van der Waals surface area contributed by atoms with E-state index in [1.807, 2.05) is 29.2 Å². The summed E-state index contributed by atoms with van der Waals surface area (Å²) in [6.45, 7) is 2.82. The minimum Gasteiger partial charge on any atom is -0.497 e. The molecule has 0 atom stereocenters. The summed E-state index contributed by atoms with van der Waals surface area (Å²) >= 11 is 0. The zero-order chi connectivity index (χ0) is 16.2. The van der Waals surface area contributed by atoms with Crippen LogP contribution in [-0.2, 0) is 11.2 Å². The van der Waals surface area contributed by atoms with Gasteiger partial charge in [0.25, 0.3) is 0 Å². The second-order valence-corrected chi connectivity index (χ2v) is 5.40. The van der Waals surface area contributed by atoms with Crippen LogP contribution in [-0.4, -0.2) is 43.4 Å². The summed E-state index contributed by atoms with van der Waals surface area (Å²) < 4.78 is 10.5. The Hall–Kier alpha value is -2.54. The molecule has 0 saturated carbocycles. The van der Waals surface area contributed by atoms with Gasteiger partial charge in [-0.2, -0.15) is 9.97 Å². The first-order valence-electron chi connectivity index (χ1n) is 7.55.